The van der Waals surface area contributed by atoms with Gasteiger partial charge in [0.25, 0.3) is 0 Å². The lowest BCUT2D eigenvalue weighted by atomic mass is 10.0. The minimum atomic E-state index is -1.27. The number of hydrogen-bond donors (Lipinski definition) is 7. The summed E-state index contributed by atoms with van der Waals surface area (Å²) in [4.78, 5) is 60.9. The fourth-order valence-corrected chi connectivity index (χ4v) is 3.99. The molecule has 0 radical (unpaired) electrons. The molecule has 0 aliphatic carbocycles. The molecule has 0 aromatic rings. The van der Waals surface area contributed by atoms with Crippen LogP contribution in [0.3, 0.4) is 0 Å². The normalized spacial score (nSPS) is 17.9. The van der Waals surface area contributed by atoms with Crippen molar-refractivity contribution in [1.82, 2.24) is 21.3 Å². The van der Waals surface area contributed by atoms with Crippen LogP contribution < -0.4 is 27.0 Å². The minimum absolute atomic E-state index is 0.175. The van der Waals surface area contributed by atoms with Gasteiger partial charge in [-0.05, 0) is 70.0 Å². The summed E-state index contributed by atoms with van der Waals surface area (Å²) < 4.78 is 0. The number of carboxylic acid groups (broad SMARTS) is 2. The maximum Gasteiger partial charge on any atom is 0.326 e. The molecule has 1 saturated heterocycles. The third-order valence-electron chi connectivity index (χ3n) is 5.46. The lowest BCUT2D eigenvalue weighted by molar-refractivity contribution is -0.143. The second-order valence-electron chi connectivity index (χ2n) is 8.17. The molecule has 3 amide bonds. The van der Waals surface area contributed by atoms with Gasteiger partial charge in [0.2, 0.25) is 17.7 Å². The van der Waals surface area contributed by atoms with Crippen molar-refractivity contribution < 1.29 is 34.2 Å². The standard InChI is InChI=1S/C21H37N5O7S/c1-34-12-9-16(21(32)33)26-20(31)15(7-8-17(27)28)25-19(30)14(5-2-3-10-22)24-18(29)13-6-4-11-23-13/h13-16,23H,2-12,22H2,1H3,(H,24,29)(H,25,30)(H,26,31)(H,27,28)(H,32,33). The van der Waals surface area contributed by atoms with E-state index in [1.54, 1.807) is 6.26 Å². The first-order valence-electron chi connectivity index (χ1n) is 11.5. The number of amides is 3. The van der Waals surface area contributed by atoms with Gasteiger partial charge in [0.1, 0.15) is 18.1 Å². The summed E-state index contributed by atoms with van der Waals surface area (Å²) in [6.07, 6.45) is 4.34. The Morgan fingerprint density at radius 1 is 0.971 bits per heavy atom. The van der Waals surface area contributed by atoms with Crippen molar-refractivity contribution >= 4 is 41.4 Å². The smallest absolute Gasteiger partial charge is 0.326 e. The third kappa shape index (κ3) is 11.2. The van der Waals surface area contributed by atoms with E-state index in [4.69, 9.17) is 10.8 Å². The summed E-state index contributed by atoms with van der Waals surface area (Å²) in [6.45, 7) is 1.13. The van der Waals surface area contributed by atoms with Crippen molar-refractivity contribution in [3.63, 3.8) is 0 Å². The number of nitrogens with one attached hydrogen (secondary N) is 4. The maximum atomic E-state index is 13.0. The van der Waals surface area contributed by atoms with Gasteiger partial charge in [-0.2, -0.15) is 11.8 Å². The van der Waals surface area contributed by atoms with E-state index in [0.717, 1.165) is 6.42 Å². The minimum Gasteiger partial charge on any atom is -0.481 e. The van der Waals surface area contributed by atoms with E-state index in [0.29, 0.717) is 44.5 Å². The molecule has 1 aliphatic rings. The highest BCUT2D eigenvalue weighted by atomic mass is 32.2. The van der Waals surface area contributed by atoms with E-state index in [1.165, 1.54) is 11.8 Å². The van der Waals surface area contributed by atoms with Crippen molar-refractivity contribution in [3.8, 4) is 0 Å². The van der Waals surface area contributed by atoms with Crippen LogP contribution >= 0.6 is 11.8 Å². The van der Waals surface area contributed by atoms with Crippen LogP contribution in [0.25, 0.3) is 0 Å². The lowest BCUT2D eigenvalue weighted by Crippen LogP contribution is -2.57. The molecule has 0 bridgehead atoms. The Hall–Kier alpha value is -2.38. The second kappa shape index (κ2) is 16.3. The van der Waals surface area contributed by atoms with Gasteiger partial charge in [-0.15, -0.1) is 0 Å². The Bertz CT molecular complexity index is 703. The number of unbranched alkanes of at least 4 members (excludes halogenated alkanes) is 1. The molecule has 0 aromatic carbocycles. The van der Waals surface area contributed by atoms with E-state index < -0.39 is 54.3 Å². The van der Waals surface area contributed by atoms with E-state index in [1.807, 2.05) is 0 Å². The van der Waals surface area contributed by atoms with Crippen molar-refractivity contribution in [2.24, 2.45) is 5.73 Å². The van der Waals surface area contributed by atoms with Crippen LogP contribution in [0, 0.1) is 0 Å². The molecule has 4 unspecified atom stereocenters. The van der Waals surface area contributed by atoms with Gasteiger partial charge in [-0.25, -0.2) is 4.79 Å². The van der Waals surface area contributed by atoms with Gasteiger partial charge in [0.15, 0.2) is 0 Å². The number of carboxylic acids is 2. The molecule has 1 rings (SSSR count). The summed E-state index contributed by atoms with van der Waals surface area (Å²) in [6, 6.07) is -3.77. The monoisotopic (exact) mass is 503 g/mol. The van der Waals surface area contributed by atoms with Crippen molar-refractivity contribution in [3.05, 3.63) is 0 Å². The number of thioether (sulfide) groups is 1. The first-order valence-corrected chi connectivity index (χ1v) is 12.9. The summed E-state index contributed by atoms with van der Waals surface area (Å²) in [5.74, 6) is -3.63. The van der Waals surface area contributed by atoms with Crippen LogP contribution in [0.4, 0.5) is 0 Å². The number of rotatable bonds is 17. The molecule has 1 aliphatic heterocycles. The molecule has 1 heterocycles. The van der Waals surface area contributed by atoms with Crippen LogP contribution in [0.5, 0.6) is 0 Å². The second-order valence-corrected chi connectivity index (χ2v) is 9.15. The van der Waals surface area contributed by atoms with Crippen LogP contribution in [-0.4, -0.2) is 89.1 Å². The van der Waals surface area contributed by atoms with Gasteiger partial charge in [0.05, 0.1) is 6.04 Å². The van der Waals surface area contributed by atoms with Crippen LogP contribution in [-0.2, 0) is 24.0 Å². The Morgan fingerprint density at radius 2 is 1.62 bits per heavy atom. The van der Waals surface area contributed by atoms with Crippen LogP contribution in [0.1, 0.15) is 51.4 Å². The molecule has 1 fully saturated rings. The van der Waals surface area contributed by atoms with E-state index >= 15 is 0 Å². The average molecular weight is 504 g/mol. The average Bonchev–Trinajstić information content (AvgIpc) is 3.33. The molecular formula is C21H37N5O7S. The van der Waals surface area contributed by atoms with Crippen molar-refractivity contribution in [2.45, 2.75) is 75.5 Å². The Kier molecular flexibility index (Phi) is 14.2. The summed E-state index contributed by atoms with van der Waals surface area (Å²) >= 11 is 1.42. The number of carbonyl (C=O) groups is 5. The van der Waals surface area contributed by atoms with Crippen molar-refractivity contribution in [1.29, 1.82) is 0 Å². The maximum absolute atomic E-state index is 13.0. The lowest BCUT2D eigenvalue weighted by Gasteiger charge is -2.25. The summed E-state index contributed by atoms with van der Waals surface area (Å²) in [7, 11) is 0. The Labute approximate surface area is 203 Å². The predicted molar refractivity (Wildman–Crippen MR) is 127 cm³/mol. The largest absolute Gasteiger partial charge is 0.481 e. The molecular weight excluding hydrogens is 466 g/mol. The SMILES string of the molecule is CSCCC(NC(=O)C(CCC(=O)O)NC(=O)C(CCCCN)NC(=O)C1CCCN1)C(=O)O. The summed E-state index contributed by atoms with van der Waals surface area (Å²) in [5.41, 5.74) is 5.53. The highest BCUT2D eigenvalue weighted by Gasteiger charge is 2.31. The number of nitrogens with two attached hydrogens (primary N) is 1. The topological polar surface area (TPSA) is 200 Å². The van der Waals surface area contributed by atoms with Crippen LogP contribution in [0.2, 0.25) is 0 Å². The third-order valence-corrected chi connectivity index (χ3v) is 6.11. The van der Waals surface area contributed by atoms with Gasteiger partial charge >= 0.3 is 11.9 Å². The Balaban J connectivity index is 2.92. The first kappa shape index (κ1) is 29.7. The van der Waals surface area contributed by atoms with Crippen LogP contribution in [0.15, 0.2) is 0 Å². The molecule has 0 saturated carbocycles. The molecule has 4 atom stereocenters. The molecule has 194 valence electrons. The fourth-order valence-electron chi connectivity index (χ4n) is 3.52. The molecule has 8 N–H and O–H groups in total. The molecule has 0 spiro atoms. The van der Waals surface area contributed by atoms with E-state index in [-0.39, 0.29) is 18.7 Å². The molecule has 12 nitrogen and oxygen atoms in total. The quantitative estimate of drug-likeness (QED) is 0.121. The molecule has 34 heavy (non-hydrogen) atoms. The fraction of sp³-hybridized carbons (Fsp3) is 0.762. The number of hydrogen-bond acceptors (Lipinski definition) is 8. The highest BCUT2D eigenvalue weighted by Crippen LogP contribution is 2.09. The molecule has 0 aromatic heterocycles. The van der Waals surface area contributed by atoms with E-state index in [2.05, 4.69) is 21.3 Å². The zero-order valence-corrected chi connectivity index (χ0v) is 20.3. The number of aliphatic carboxylic acids is 2. The van der Waals surface area contributed by atoms with Gasteiger partial charge in [-0.1, -0.05) is 0 Å². The van der Waals surface area contributed by atoms with Crippen molar-refractivity contribution in [2.75, 3.05) is 25.1 Å². The summed E-state index contributed by atoms with van der Waals surface area (Å²) in [5, 5.41) is 29.1. The van der Waals surface area contributed by atoms with Gasteiger partial charge in [0, 0.05) is 6.42 Å². The number of carbonyl (C=O) groups excluding carboxylic acids is 3. The predicted octanol–water partition coefficient (Wildman–Crippen LogP) is -0.976. The Morgan fingerprint density at radius 3 is 2.15 bits per heavy atom. The zero-order valence-electron chi connectivity index (χ0n) is 19.5. The van der Waals surface area contributed by atoms with Gasteiger partial charge in [-0.3, -0.25) is 19.2 Å². The van der Waals surface area contributed by atoms with Gasteiger partial charge < -0.3 is 37.2 Å². The zero-order chi connectivity index (χ0) is 25.5. The molecule has 13 heteroatoms. The highest BCUT2D eigenvalue weighted by molar-refractivity contribution is 7.98. The van der Waals surface area contributed by atoms with E-state index in [9.17, 15) is 29.1 Å². The first-order chi connectivity index (χ1) is 16.2.